The van der Waals surface area contributed by atoms with Gasteiger partial charge in [-0.2, -0.15) is 0 Å². The summed E-state index contributed by atoms with van der Waals surface area (Å²) >= 11 is 0. The molecule has 0 unspecified atom stereocenters. The molecular weight excluding hydrogens is 356 g/mol. The average molecular weight is 382 g/mol. The number of carbonyl (C=O) groups excluding carboxylic acids is 3. The second kappa shape index (κ2) is 8.73. The number of amides is 4. The molecule has 28 heavy (non-hydrogen) atoms. The zero-order valence-corrected chi connectivity index (χ0v) is 16.3. The Morgan fingerprint density at radius 1 is 1.00 bits per heavy atom. The molecule has 3 rings (SSSR count). The van der Waals surface area contributed by atoms with Crippen LogP contribution in [0, 0.1) is 5.92 Å². The molecule has 0 radical (unpaired) electrons. The van der Waals surface area contributed by atoms with E-state index in [4.69, 9.17) is 0 Å². The van der Waals surface area contributed by atoms with Crippen molar-refractivity contribution in [2.75, 3.05) is 25.0 Å². The van der Waals surface area contributed by atoms with Crippen LogP contribution < -0.4 is 10.6 Å². The SMILES string of the molecule is CC(C)CC(=O)NCC(=O)N1CCCN1C(=O)Nc1cccc2ccccc12. The second-order valence-electron chi connectivity index (χ2n) is 7.33. The number of nitrogens with zero attached hydrogens (tertiary/aromatic N) is 2. The Hall–Kier alpha value is -3.09. The predicted octanol–water partition coefficient (Wildman–Crippen LogP) is 2.98. The smallest absolute Gasteiger partial charge is 0.340 e. The van der Waals surface area contributed by atoms with Gasteiger partial charge >= 0.3 is 6.03 Å². The van der Waals surface area contributed by atoms with Gasteiger partial charge in [-0.15, -0.1) is 0 Å². The monoisotopic (exact) mass is 382 g/mol. The standard InChI is InChI=1S/C21H26N4O3/c1-15(2)13-19(26)22-14-20(27)24-11-6-12-25(24)21(28)23-18-10-5-8-16-7-3-4-9-17(16)18/h3-5,7-10,15H,6,11-14H2,1-2H3,(H,22,26)(H,23,28). The lowest BCUT2D eigenvalue weighted by atomic mass is 10.1. The Balaban J connectivity index is 1.64. The Bertz CT molecular complexity index is 876. The van der Waals surface area contributed by atoms with E-state index in [1.807, 2.05) is 56.3 Å². The van der Waals surface area contributed by atoms with Gasteiger partial charge in [-0.1, -0.05) is 50.2 Å². The Morgan fingerprint density at radius 2 is 1.71 bits per heavy atom. The summed E-state index contributed by atoms with van der Waals surface area (Å²) in [6, 6.07) is 13.2. The van der Waals surface area contributed by atoms with Crippen molar-refractivity contribution in [3.63, 3.8) is 0 Å². The predicted molar refractivity (Wildman–Crippen MR) is 108 cm³/mol. The zero-order chi connectivity index (χ0) is 20.1. The van der Waals surface area contributed by atoms with Crippen LogP contribution in [0.3, 0.4) is 0 Å². The van der Waals surface area contributed by atoms with Crippen molar-refractivity contribution in [3.8, 4) is 0 Å². The number of benzene rings is 2. The van der Waals surface area contributed by atoms with E-state index in [9.17, 15) is 14.4 Å². The molecule has 2 aromatic rings. The minimum Gasteiger partial charge on any atom is -0.347 e. The first kappa shape index (κ1) is 19.7. The van der Waals surface area contributed by atoms with E-state index >= 15 is 0 Å². The Labute approximate surface area is 164 Å². The molecule has 148 valence electrons. The summed E-state index contributed by atoms with van der Waals surface area (Å²) in [6.07, 6.45) is 1.08. The maximum absolute atomic E-state index is 12.8. The van der Waals surface area contributed by atoms with Gasteiger partial charge < -0.3 is 10.6 Å². The van der Waals surface area contributed by atoms with Gasteiger partial charge in [0.15, 0.2) is 0 Å². The third kappa shape index (κ3) is 4.60. The topological polar surface area (TPSA) is 81.8 Å². The summed E-state index contributed by atoms with van der Waals surface area (Å²) < 4.78 is 0. The van der Waals surface area contributed by atoms with Crippen molar-refractivity contribution in [1.29, 1.82) is 0 Å². The van der Waals surface area contributed by atoms with E-state index in [2.05, 4.69) is 10.6 Å². The molecule has 0 atom stereocenters. The van der Waals surface area contributed by atoms with Crippen LogP contribution in [0.25, 0.3) is 10.8 Å². The molecule has 0 saturated carbocycles. The first-order chi connectivity index (χ1) is 13.5. The zero-order valence-electron chi connectivity index (χ0n) is 16.3. The fourth-order valence-electron chi connectivity index (χ4n) is 3.30. The highest BCUT2D eigenvalue weighted by Crippen LogP contribution is 2.24. The van der Waals surface area contributed by atoms with Crippen molar-refractivity contribution in [2.45, 2.75) is 26.7 Å². The van der Waals surface area contributed by atoms with Crippen molar-refractivity contribution in [1.82, 2.24) is 15.3 Å². The number of urea groups is 1. The highest BCUT2D eigenvalue weighted by Gasteiger charge is 2.30. The Morgan fingerprint density at radius 3 is 2.50 bits per heavy atom. The van der Waals surface area contributed by atoms with Crippen LogP contribution in [0.4, 0.5) is 10.5 Å². The van der Waals surface area contributed by atoms with Crippen LogP contribution in [0.5, 0.6) is 0 Å². The third-order valence-corrected chi connectivity index (χ3v) is 4.62. The summed E-state index contributed by atoms with van der Waals surface area (Å²) in [5, 5.41) is 10.3. The lowest BCUT2D eigenvalue weighted by molar-refractivity contribution is -0.140. The van der Waals surface area contributed by atoms with E-state index in [0.29, 0.717) is 31.6 Å². The maximum atomic E-state index is 12.8. The molecule has 2 N–H and O–H groups in total. The maximum Gasteiger partial charge on any atom is 0.340 e. The summed E-state index contributed by atoms with van der Waals surface area (Å²) in [6.45, 7) is 4.70. The quantitative estimate of drug-likeness (QED) is 0.834. The van der Waals surface area contributed by atoms with Crippen molar-refractivity contribution < 1.29 is 14.4 Å². The van der Waals surface area contributed by atoms with Crippen LogP contribution in [-0.4, -0.2) is 47.5 Å². The molecule has 0 spiro atoms. The minimum absolute atomic E-state index is 0.108. The van der Waals surface area contributed by atoms with Crippen molar-refractivity contribution in [3.05, 3.63) is 42.5 Å². The number of nitrogens with one attached hydrogen (secondary N) is 2. The number of fused-ring (bicyclic) bond motifs is 1. The summed E-state index contributed by atoms with van der Waals surface area (Å²) in [5.74, 6) is -0.221. The van der Waals surface area contributed by atoms with Crippen molar-refractivity contribution in [2.24, 2.45) is 5.92 Å². The number of hydrogen-bond donors (Lipinski definition) is 2. The highest BCUT2D eigenvalue weighted by atomic mass is 16.2. The van der Waals surface area contributed by atoms with Gasteiger partial charge in [0.05, 0.1) is 12.2 Å². The third-order valence-electron chi connectivity index (χ3n) is 4.62. The molecule has 1 fully saturated rings. The summed E-state index contributed by atoms with van der Waals surface area (Å²) in [5.41, 5.74) is 0.702. The fraction of sp³-hybridized carbons (Fsp3) is 0.381. The number of carbonyl (C=O) groups is 3. The van der Waals surface area contributed by atoms with E-state index in [0.717, 1.165) is 10.8 Å². The van der Waals surface area contributed by atoms with Gasteiger partial charge in [0.2, 0.25) is 5.91 Å². The molecular formula is C21H26N4O3. The average Bonchev–Trinajstić information content (AvgIpc) is 3.16. The van der Waals surface area contributed by atoms with Crippen molar-refractivity contribution >= 4 is 34.3 Å². The molecule has 0 aliphatic carbocycles. The van der Waals surface area contributed by atoms with E-state index in [1.165, 1.54) is 10.0 Å². The largest absolute Gasteiger partial charge is 0.347 e. The first-order valence-electron chi connectivity index (χ1n) is 9.59. The molecule has 7 heteroatoms. The fourth-order valence-corrected chi connectivity index (χ4v) is 3.30. The number of hydrazine groups is 1. The van der Waals surface area contributed by atoms with E-state index in [-0.39, 0.29) is 30.3 Å². The normalized spacial score (nSPS) is 13.8. The lowest BCUT2D eigenvalue weighted by Crippen LogP contribution is -2.50. The highest BCUT2D eigenvalue weighted by molar-refractivity contribution is 6.02. The molecule has 1 heterocycles. The second-order valence-corrected chi connectivity index (χ2v) is 7.33. The number of hydrogen-bond acceptors (Lipinski definition) is 3. The molecule has 1 saturated heterocycles. The molecule has 4 amide bonds. The van der Waals surface area contributed by atoms with Gasteiger partial charge in [-0.3, -0.25) is 9.59 Å². The van der Waals surface area contributed by atoms with Gasteiger partial charge in [0.1, 0.15) is 0 Å². The van der Waals surface area contributed by atoms with Crippen LogP contribution in [-0.2, 0) is 9.59 Å². The molecule has 0 bridgehead atoms. The first-order valence-corrected chi connectivity index (χ1v) is 9.59. The molecule has 2 aromatic carbocycles. The van der Waals surface area contributed by atoms with Crippen LogP contribution in [0.1, 0.15) is 26.7 Å². The summed E-state index contributed by atoms with van der Waals surface area (Å²) in [7, 11) is 0. The van der Waals surface area contributed by atoms with Gasteiger partial charge in [-0.05, 0) is 23.8 Å². The number of anilines is 1. The van der Waals surface area contributed by atoms with Crippen LogP contribution >= 0.6 is 0 Å². The number of rotatable bonds is 5. The van der Waals surface area contributed by atoms with Gasteiger partial charge in [0.25, 0.3) is 5.91 Å². The molecule has 0 aromatic heterocycles. The van der Waals surface area contributed by atoms with Crippen LogP contribution in [0.2, 0.25) is 0 Å². The van der Waals surface area contributed by atoms with Gasteiger partial charge in [0, 0.05) is 24.9 Å². The van der Waals surface area contributed by atoms with Crippen LogP contribution in [0.15, 0.2) is 42.5 Å². The summed E-state index contributed by atoms with van der Waals surface area (Å²) in [4.78, 5) is 37.1. The molecule has 1 aliphatic heterocycles. The van der Waals surface area contributed by atoms with Gasteiger partial charge in [-0.25, -0.2) is 14.8 Å². The lowest BCUT2D eigenvalue weighted by Gasteiger charge is -2.28. The van der Waals surface area contributed by atoms with E-state index in [1.54, 1.807) is 0 Å². The molecule has 7 nitrogen and oxygen atoms in total. The molecule has 1 aliphatic rings. The minimum atomic E-state index is -0.351. The van der Waals surface area contributed by atoms with E-state index < -0.39 is 0 Å². The Kier molecular flexibility index (Phi) is 6.13.